The highest BCUT2D eigenvalue weighted by Crippen LogP contribution is 2.21. The molecule has 0 aliphatic carbocycles. The van der Waals surface area contributed by atoms with E-state index in [0.29, 0.717) is 5.69 Å². The Hall–Kier alpha value is -1.82. The van der Waals surface area contributed by atoms with Crippen LogP contribution in [0.1, 0.15) is 25.1 Å². The average molecular weight is 265 g/mol. The summed E-state index contributed by atoms with van der Waals surface area (Å²) in [5.41, 5.74) is 1.66. The summed E-state index contributed by atoms with van der Waals surface area (Å²) in [6, 6.07) is 3.86. The summed E-state index contributed by atoms with van der Waals surface area (Å²) in [5.74, 6) is 0. The minimum atomic E-state index is -0.554. The van der Waals surface area contributed by atoms with Crippen LogP contribution in [0.25, 0.3) is 0 Å². The van der Waals surface area contributed by atoms with Gasteiger partial charge in [0.1, 0.15) is 0 Å². The number of methoxy groups -OCH3 is 1. The molecule has 19 heavy (non-hydrogen) atoms. The molecule has 0 bridgehead atoms. The quantitative estimate of drug-likeness (QED) is 0.855. The summed E-state index contributed by atoms with van der Waals surface area (Å²) in [7, 11) is 1.36. The summed E-state index contributed by atoms with van der Waals surface area (Å²) in [5, 5.41) is 12.2. The van der Waals surface area contributed by atoms with Crippen LogP contribution in [0.2, 0.25) is 0 Å². The van der Waals surface area contributed by atoms with Gasteiger partial charge in [-0.1, -0.05) is 0 Å². The van der Waals surface area contributed by atoms with E-state index in [-0.39, 0.29) is 6.04 Å². The number of nitrogens with zero attached hydrogens (tertiary/aromatic N) is 2. The van der Waals surface area contributed by atoms with Crippen molar-refractivity contribution >= 4 is 11.8 Å². The highest BCUT2D eigenvalue weighted by molar-refractivity contribution is 5.67. The van der Waals surface area contributed by atoms with Crippen molar-refractivity contribution in [1.82, 2.24) is 10.3 Å². The van der Waals surface area contributed by atoms with Gasteiger partial charge in [0.05, 0.1) is 36.8 Å². The molecule has 1 aromatic rings. The molecule has 6 nitrogen and oxygen atoms in total. The molecule has 2 atom stereocenters. The predicted molar refractivity (Wildman–Crippen MR) is 71.0 cm³/mol. The normalized spacial score (nSPS) is 20.2. The van der Waals surface area contributed by atoms with Crippen LogP contribution in [0.3, 0.4) is 0 Å². The lowest BCUT2D eigenvalue weighted by Gasteiger charge is -2.19. The number of hydrogen-bond acceptors (Lipinski definition) is 5. The van der Waals surface area contributed by atoms with Crippen molar-refractivity contribution in [3.63, 3.8) is 0 Å². The molecule has 0 radical (unpaired) electrons. The number of rotatable bonds is 3. The maximum Gasteiger partial charge on any atom is 0.407 e. The van der Waals surface area contributed by atoms with Crippen molar-refractivity contribution in [1.29, 1.82) is 0 Å². The average Bonchev–Trinajstić information content (AvgIpc) is 2.87. The van der Waals surface area contributed by atoms with Crippen LogP contribution in [0.4, 0.5) is 10.5 Å². The maximum absolute atomic E-state index is 11.1. The van der Waals surface area contributed by atoms with Gasteiger partial charge in [0.15, 0.2) is 0 Å². The molecule has 1 aromatic heterocycles. The molecule has 2 rings (SSSR count). The van der Waals surface area contributed by atoms with E-state index in [1.165, 1.54) is 7.11 Å². The number of alkyl carbamates (subject to hydrolysis) is 1. The van der Waals surface area contributed by atoms with Gasteiger partial charge in [0.2, 0.25) is 0 Å². The van der Waals surface area contributed by atoms with Crippen LogP contribution < -0.4 is 10.2 Å². The molecular formula is C13H19N3O3. The van der Waals surface area contributed by atoms with Crippen LogP contribution in [0, 0.1) is 0 Å². The van der Waals surface area contributed by atoms with Crippen LogP contribution >= 0.6 is 0 Å². The minimum Gasteiger partial charge on any atom is -0.453 e. The number of hydrogen-bond donors (Lipinski definition) is 2. The molecule has 6 heteroatoms. The summed E-state index contributed by atoms with van der Waals surface area (Å²) in [6.07, 6.45) is 1.69. The third-order valence-corrected chi connectivity index (χ3v) is 3.26. The largest absolute Gasteiger partial charge is 0.453 e. The van der Waals surface area contributed by atoms with Gasteiger partial charge >= 0.3 is 6.09 Å². The number of aliphatic hydroxyl groups is 1. The molecule has 1 fully saturated rings. The maximum atomic E-state index is 11.1. The van der Waals surface area contributed by atoms with Crippen molar-refractivity contribution < 1.29 is 14.6 Å². The fourth-order valence-corrected chi connectivity index (χ4v) is 2.17. The summed E-state index contributed by atoms with van der Waals surface area (Å²) in [6.45, 7) is 3.29. The Morgan fingerprint density at radius 3 is 3.00 bits per heavy atom. The first kappa shape index (κ1) is 13.6. The summed E-state index contributed by atoms with van der Waals surface area (Å²) in [4.78, 5) is 17.5. The number of amides is 1. The molecule has 0 spiro atoms. The Kier molecular flexibility index (Phi) is 4.21. The van der Waals surface area contributed by atoms with Crippen LogP contribution in [0.15, 0.2) is 18.3 Å². The molecule has 1 saturated heterocycles. The topological polar surface area (TPSA) is 74.7 Å². The molecule has 104 valence electrons. The van der Waals surface area contributed by atoms with Crippen LogP contribution in [-0.2, 0) is 4.74 Å². The monoisotopic (exact) mass is 265 g/mol. The third kappa shape index (κ3) is 3.35. The molecule has 1 amide bonds. The Morgan fingerprint density at radius 1 is 1.63 bits per heavy atom. The van der Waals surface area contributed by atoms with Crippen LogP contribution in [-0.4, -0.2) is 42.4 Å². The minimum absolute atomic E-state index is 0.101. The van der Waals surface area contributed by atoms with E-state index in [4.69, 9.17) is 0 Å². The first-order valence-corrected chi connectivity index (χ1v) is 6.33. The van der Waals surface area contributed by atoms with E-state index in [2.05, 4.69) is 19.9 Å². The van der Waals surface area contributed by atoms with E-state index in [1.807, 2.05) is 12.1 Å². The van der Waals surface area contributed by atoms with E-state index in [9.17, 15) is 9.90 Å². The van der Waals surface area contributed by atoms with Crippen LogP contribution in [0.5, 0.6) is 0 Å². The lowest BCUT2D eigenvalue weighted by molar-refractivity contribution is 0.167. The molecule has 1 unspecified atom stereocenters. The number of aromatic nitrogens is 1. The SMILES string of the molecule is COC(=O)NC1CCN(c2ccc([C@@H](C)O)nc2)C1. The Bertz CT molecular complexity index is 433. The van der Waals surface area contributed by atoms with E-state index in [0.717, 1.165) is 25.2 Å². The zero-order chi connectivity index (χ0) is 13.8. The molecule has 0 aromatic carbocycles. The lowest BCUT2D eigenvalue weighted by Crippen LogP contribution is -2.36. The number of nitrogens with one attached hydrogen (secondary N) is 1. The van der Waals surface area contributed by atoms with E-state index < -0.39 is 12.2 Å². The Labute approximate surface area is 112 Å². The van der Waals surface area contributed by atoms with E-state index in [1.54, 1.807) is 13.1 Å². The first-order valence-electron chi connectivity index (χ1n) is 6.33. The molecule has 1 aliphatic heterocycles. The number of aliphatic hydroxyl groups excluding tert-OH is 1. The van der Waals surface area contributed by atoms with Gasteiger partial charge in [-0.15, -0.1) is 0 Å². The van der Waals surface area contributed by atoms with Gasteiger partial charge in [-0.05, 0) is 25.5 Å². The molecule has 2 heterocycles. The van der Waals surface area contributed by atoms with Gasteiger partial charge in [-0.25, -0.2) is 4.79 Å². The van der Waals surface area contributed by atoms with Gasteiger partial charge in [-0.3, -0.25) is 4.98 Å². The Balaban J connectivity index is 1.95. The predicted octanol–water partition coefficient (Wildman–Crippen LogP) is 1.07. The second-order valence-electron chi connectivity index (χ2n) is 4.68. The van der Waals surface area contributed by atoms with Gasteiger partial charge < -0.3 is 20.1 Å². The summed E-state index contributed by atoms with van der Waals surface area (Å²) < 4.78 is 4.59. The van der Waals surface area contributed by atoms with Crippen molar-refractivity contribution in [2.75, 3.05) is 25.1 Å². The highest BCUT2D eigenvalue weighted by Gasteiger charge is 2.24. The van der Waals surface area contributed by atoms with Crippen molar-refractivity contribution in [2.24, 2.45) is 0 Å². The molecule has 2 N–H and O–H groups in total. The fraction of sp³-hybridized carbons (Fsp3) is 0.538. The number of carbonyl (C=O) groups excluding carboxylic acids is 1. The first-order chi connectivity index (χ1) is 9.10. The fourth-order valence-electron chi connectivity index (χ4n) is 2.17. The summed E-state index contributed by atoms with van der Waals surface area (Å²) >= 11 is 0. The van der Waals surface area contributed by atoms with Gasteiger partial charge in [0.25, 0.3) is 0 Å². The number of pyridine rings is 1. The number of carbonyl (C=O) groups is 1. The van der Waals surface area contributed by atoms with E-state index >= 15 is 0 Å². The number of anilines is 1. The lowest BCUT2D eigenvalue weighted by atomic mass is 10.2. The molecular weight excluding hydrogens is 246 g/mol. The second-order valence-corrected chi connectivity index (χ2v) is 4.68. The van der Waals surface area contributed by atoms with Gasteiger partial charge in [-0.2, -0.15) is 0 Å². The van der Waals surface area contributed by atoms with Gasteiger partial charge in [0, 0.05) is 13.1 Å². The van der Waals surface area contributed by atoms with Crippen molar-refractivity contribution in [3.05, 3.63) is 24.0 Å². The molecule has 1 aliphatic rings. The van der Waals surface area contributed by atoms with Crippen molar-refractivity contribution in [3.8, 4) is 0 Å². The third-order valence-electron chi connectivity index (χ3n) is 3.26. The second kappa shape index (κ2) is 5.88. The number of ether oxygens (including phenoxy) is 1. The standard InChI is InChI=1S/C13H19N3O3/c1-9(17)12-4-3-11(7-14-12)16-6-5-10(8-16)15-13(18)19-2/h3-4,7,9-10,17H,5-6,8H2,1-2H3,(H,15,18)/t9-,10?/m1/s1. The smallest absolute Gasteiger partial charge is 0.407 e. The molecule has 0 saturated carbocycles. The zero-order valence-corrected chi connectivity index (χ0v) is 11.2. The Morgan fingerprint density at radius 2 is 2.42 bits per heavy atom. The van der Waals surface area contributed by atoms with Crippen molar-refractivity contribution in [2.45, 2.75) is 25.5 Å². The highest BCUT2D eigenvalue weighted by atomic mass is 16.5. The zero-order valence-electron chi connectivity index (χ0n) is 11.2.